The quantitative estimate of drug-likeness (QED) is 0.656. The molecule has 0 unspecified atom stereocenters. The lowest BCUT2D eigenvalue weighted by molar-refractivity contribution is 0.430. The van der Waals surface area contributed by atoms with Crippen LogP contribution < -0.4 is 10.6 Å². The number of nitrogens with zero attached hydrogens (tertiary/aromatic N) is 1. The van der Waals surface area contributed by atoms with Gasteiger partial charge in [0.1, 0.15) is 0 Å². The van der Waals surface area contributed by atoms with Gasteiger partial charge in [-0.15, -0.1) is 0 Å². The van der Waals surface area contributed by atoms with E-state index in [1.807, 2.05) is 11.8 Å². The zero-order chi connectivity index (χ0) is 8.93. The molecule has 0 aromatic heterocycles. The molecule has 0 bridgehead atoms. The molecule has 2 heterocycles. The number of rotatable bonds is 1. The summed E-state index contributed by atoms with van der Waals surface area (Å²) >= 11 is 1.88. The largest absolute Gasteiger partial charge is 0.362 e. The first kappa shape index (κ1) is 9.34. The molecule has 2 N–H and O–H groups in total. The SMILES string of the molecule is C1CN=C(NC2CCNCC2)SC1. The first-order valence-corrected chi connectivity index (χ1v) is 6.08. The number of aliphatic imine (C=N–C) groups is 1. The fourth-order valence-electron chi connectivity index (χ4n) is 1.69. The molecule has 0 aliphatic carbocycles. The highest BCUT2D eigenvalue weighted by atomic mass is 32.2. The van der Waals surface area contributed by atoms with Crippen LogP contribution in [0.2, 0.25) is 0 Å². The molecular formula is C9H17N3S. The molecule has 3 nitrogen and oxygen atoms in total. The highest BCUT2D eigenvalue weighted by Gasteiger charge is 2.15. The Hall–Kier alpha value is -0.220. The molecule has 0 saturated carbocycles. The minimum Gasteiger partial charge on any atom is -0.362 e. The lowest BCUT2D eigenvalue weighted by Crippen LogP contribution is -2.42. The Morgan fingerprint density at radius 3 is 2.92 bits per heavy atom. The van der Waals surface area contributed by atoms with Crippen LogP contribution in [-0.4, -0.2) is 36.6 Å². The molecular weight excluding hydrogens is 182 g/mol. The number of amidine groups is 1. The van der Waals surface area contributed by atoms with E-state index in [4.69, 9.17) is 0 Å². The molecule has 0 atom stereocenters. The molecule has 2 rings (SSSR count). The summed E-state index contributed by atoms with van der Waals surface area (Å²) in [7, 11) is 0. The Kier molecular flexibility index (Phi) is 3.49. The summed E-state index contributed by atoms with van der Waals surface area (Å²) in [5.74, 6) is 1.23. The van der Waals surface area contributed by atoms with Crippen molar-refractivity contribution in [3.63, 3.8) is 0 Å². The van der Waals surface area contributed by atoms with E-state index in [-0.39, 0.29) is 0 Å². The fourth-order valence-corrected chi connectivity index (χ4v) is 2.59. The Balaban J connectivity index is 1.78. The molecule has 2 aliphatic heterocycles. The normalized spacial score (nSPS) is 25.4. The summed E-state index contributed by atoms with van der Waals surface area (Å²) in [5.41, 5.74) is 0. The fraction of sp³-hybridized carbons (Fsp3) is 0.889. The Morgan fingerprint density at radius 1 is 1.38 bits per heavy atom. The molecule has 1 saturated heterocycles. The minimum atomic E-state index is 0.658. The molecule has 1 fully saturated rings. The highest BCUT2D eigenvalue weighted by molar-refractivity contribution is 8.13. The minimum absolute atomic E-state index is 0.658. The maximum Gasteiger partial charge on any atom is 0.156 e. The van der Waals surface area contributed by atoms with Crippen molar-refractivity contribution in [2.75, 3.05) is 25.4 Å². The van der Waals surface area contributed by atoms with Gasteiger partial charge >= 0.3 is 0 Å². The molecule has 0 aromatic carbocycles. The first-order chi connectivity index (χ1) is 6.45. The van der Waals surface area contributed by atoms with Gasteiger partial charge in [0.2, 0.25) is 0 Å². The summed E-state index contributed by atoms with van der Waals surface area (Å²) in [6, 6.07) is 0.658. The van der Waals surface area contributed by atoms with Gasteiger partial charge in [0.05, 0.1) is 0 Å². The number of hydrogen-bond acceptors (Lipinski definition) is 4. The summed E-state index contributed by atoms with van der Waals surface area (Å²) in [4.78, 5) is 4.47. The predicted molar refractivity (Wildman–Crippen MR) is 58.4 cm³/mol. The molecule has 74 valence electrons. The van der Waals surface area contributed by atoms with E-state index in [9.17, 15) is 0 Å². The summed E-state index contributed by atoms with van der Waals surface area (Å²) in [6.07, 6.45) is 3.71. The Labute approximate surface area is 83.8 Å². The van der Waals surface area contributed by atoms with Crippen molar-refractivity contribution in [2.45, 2.75) is 25.3 Å². The van der Waals surface area contributed by atoms with Gasteiger partial charge in [0, 0.05) is 18.3 Å². The smallest absolute Gasteiger partial charge is 0.156 e. The molecule has 13 heavy (non-hydrogen) atoms. The predicted octanol–water partition coefficient (Wildman–Crippen LogP) is 0.821. The monoisotopic (exact) mass is 199 g/mol. The van der Waals surface area contributed by atoms with Gasteiger partial charge in [-0.1, -0.05) is 11.8 Å². The average molecular weight is 199 g/mol. The maximum atomic E-state index is 4.47. The van der Waals surface area contributed by atoms with Gasteiger partial charge in [-0.2, -0.15) is 0 Å². The molecule has 0 radical (unpaired) electrons. The number of hydrogen-bond donors (Lipinski definition) is 2. The van der Waals surface area contributed by atoms with Crippen LogP contribution in [0.3, 0.4) is 0 Å². The molecule has 0 spiro atoms. The van der Waals surface area contributed by atoms with Crippen molar-refractivity contribution in [1.29, 1.82) is 0 Å². The van der Waals surface area contributed by atoms with Crippen LogP contribution in [-0.2, 0) is 0 Å². The zero-order valence-corrected chi connectivity index (χ0v) is 8.70. The van der Waals surface area contributed by atoms with Crippen molar-refractivity contribution < 1.29 is 0 Å². The second-order valence-corrected chi connectivity index (χ2v) is 4.64. The van der Waals surface area contributed by atoms with E-state index >= 15 is 0 Å². The van der Waals surface area contributed by atoms with Crippen molar-refractivity contribution in [3.05, 3.63) is 0 Å². The topological polar surface area (TPSA) is 36.4 Å². The molecule has 4 heteroatoms. The summed E-state index contributed by atoms with van der Waals surface area (Å²) in [5, 5.41) is 8.07. The third-order valence-electron chi connectivity index (χ3n) is 2.46. The van der Waals surface area contributed by atoms with Gasteiger partial charge in [-0.25, -0.2) is 0 Å². The highest BCUT2D eigenvalue weighted by Crippen LogP contribution is 2.12. The second-order valence-electron chi connectivity index (χ2n) is 3.56. The molecule has 0 aromatic rings. The lowest BCUT2D eigenvalue weighted by Gasteiger charge is -2.26. The van der Waals surface area contributed by atoms with Crippen LogP contribution in [0.15, 0.2) is 4.99 Å². The van der Waals surface area contributed by atoms with E-state index in [2.05, 4.69) is 15.6 Å². The number of piperidine rings is 1. The Bertz CT molecular complexity index is 187. The van der Waals surface area contributed by atoms with E-state index in [0.29, 0.717) is 6.04 Å². The van der Waals surface area contributed by atoms with Gasteiger partial charge in [0.25, 0.3) is 0 Å². The van der Waals surface area contributed by atoms with Crippen LogP contribution in [0.1, 0.15) is 19.3 Å². The van der Waals surface area contributed by atoms with Crippen LogP contribution >= 0.6 is 11.8 Å². The summed E-state index contributed by atoms with van der Waals surface area (Å²) < 4.78 is 0. The third-order valence-corrected chi connectivity index (χ3v) is 3.48. The zero-order valence-electron chi connectivity index (χ0n) is 7.88. The lowest BCUT2D eigenvalue weighted by atomic mass is 10.1. The Morgan fingerprint density at radius 2 is 2.23 bits per heavy atom. The van der Waals surface area contributed by atoms with Crippen molar-refractivity contribution in [3.8, 4) is 0 Å². The van der Waals surface area contributed by atoms with Gasteiger partial charge in [-0.3, -0.25) is 4.99 Å². The van der Waals surface area contributed by atoms with Crippen LogP contribution in [0.4, 0.5) is 0 Å². The van der Waals surface area contributed by atoms with Crippen LogP contribution in [0.5, 0.6) is 0 Å². The molecule has 0 amide bonds. The van der Waals surface area contributed by atoms with Crippen molar-refractivity contribution in [2.24, 2.45) is 4.99 Å². The van der Waals surface area contributed by atoms with Crippen LogP contribution in [0.25, 0.3) is 0 Å². The van der Waals surface area contributed by atoms with Crippen molar-refractivity contribution in [1.82, 2.24) is 10.6 Å². The molecule has 2 aliphatic rings. The van der Waals surface area contributed by atoms with E-state index < -0.39 is 0 Å². The summed E-state index contributed by atoms with van der Waals surface area (Å²) in [6.45, 7) is 3.31. The third kappa shape index (κ3) is 2.88. The average Bonchev–Trinajstić information content (AvgIpc) is 2.21. The number of thioether (sulfide) groups is 1. The maximum absolute atomic E-state index is 4.47. The van der Waals surface area contributed by atoms with Crippen LogP contribution in [0, 0.1) is 0 Å². The van der Waals surface area contributed by atoms with E-state index in [0.717, 1.165) is 19.6 Å². The van der Waals surface area contributed by atoms with E-state index in [1.165, 1.54) is 30.2 Å². The second kappa shape index (κ2) is 4.86. The van der Waals surface area contributed by atoms with Crippen molar-refractivity contribution >= 4 is 16.9 Å². The van der Waals surface area contributed by atoms with Gasteiger partial charge < -0.3 is 10.6 Å². The van der Waals surface area contributed by atoms with E-state index in [1.54, 1.807) is 0 Å². The van der Waals surface area contributed by atoms with Gasteiger partial charge in [-0.05, 0) is 32.4 Å². The first-order valence-electron chi connectivity index (χ1n) is 5.09. The number of nitrogens with one attached hydrogen (secondary N) is 2. The standard InChI is InChI=1S/C9H17N3S/c1-4-11-9(13-7-1)12-8-2-5-10-6-3-8/h8,10H,1-7H2,(H,11,12). The van der Waals surface area contributed by atoms with Gasteiger partial charge in [0.15, 0.2) is 5.17 Å².